The van der Waals surface area contributed by atoms with Crippen molar-refractivity contribution in [3.63, 3.8) is 0 Å². The topological polar surface area (TPSA) is 72.3 Å². The Morgan fingerprint density at radius 2 is 1.92 bits per heavy atom. The van der Waals surface area contributed by atoms with Gasteiger partial charge in [0.05, 0.1) is 6.61 Å². The normalized spacial score (nSPS) is 21.6. The summed E-state index contributed by atoms with van der Waals surface area (Å²) in [5.74, 6) is 0.570. The van der Waals surface area contributed by atoms with Crippen LogP contribution < -0.4 is 5.73 Å². The second-order valence-electron chi connectivity index (χ2n) is 7.69. The van der Waals surface area contributed by atoms with Crippen LogP contribution in [0.25, 0.3) is 0 Å². The lowest BCUT2D eigenvalue weighted by atomic mass is 9.90. The van der Waals surface area contributed by atoms with Crippen LogP contribution in [-0.4, -0.2) is 51.3 Å². The third kappa shape index (κ3) is 3.65. The Labute approximate surface area is 144 Å². The van der Waals surface area contributed by atoms with Gasteiger partial charge in [0.15, 0.2) is 5.66 Å². The summed E-state index contributed by atoms with van der Waals surface area (Å²) in [7, 11) is -1.11. The number of hydrogen-bond acceptors (Lipinski definition) is 5. The van der Waals surface area contributed by atoms with E-state index in [1.807, 2.05) is 18.2 Å². The minimum Gasteiger partial charge on any atom is -0.383 e. The Kier molecular flexibility index (Phi) is 4.69. The fourth-order valence-electron chi connectivity index (χ4n) is 3.01. The van der Waals surface area contributed by atoms with Gasteiger partial charge >= 0.3 is 0 Å². The summed E-state index contributed by atoms with van der Waals surface area (Å²) in [6.07, 6.45) is 4.27. The molecule has 3 rings (SSSR count). The zero-order valence-corrected chi connectivity index (χ0v) is 15.7. The molecule has 0 aromatic heterocycles. The smallest absolute Gasteiger partial charge is 0.195 e. The molecule has 0 radical (unpaired) electrons. The molecule has 1 aromatic rings. The van der Waals surface area contributed by atoms with Gasteiger partial charge in [-0.25, -0.2) is 0 Å². The molecule has 5 nitrogen and oxygen atoms in total. The van der Waals surface area contributed by atoms with Crippen molar-refractivity contribution in [1.29, 1.82) is 0 Å². The summed E-state index contributed by atoms with van der Waals surface area (Å²) >= 11 is 0. The first-order chi connectivity index (χ1) is 11.4. The maximum absolute atomic E-state index is 6.19. The number of rotatable bonds is 6. The van der Waals surface area contributed by atoms with E-state index in [4.69, 9.17) is 15.5 Å². The number of amidine groups is 1. The van der Waals surface area contributed by atoms with Crippen LogP contribution in [0.1, 0.15) is 11.1 Å². The summed E-state index contributed by atoms with van der Waals surface area (Å²) < 4.78 is 5.97. The molecule has 1 atom stereocenters. The molecule has 0 aliphatic carbocycles. The van der Waals surface area contributed by atoms with Gasteiger partial charge in [0.1, 0.15) is 11.9 Å². The first kappa shape index (κ1) is 17.0. The molecule has 2 aliphatic rings. The highest BCUT2D eigenvalue weighted by atomic mass is 28.3. The molecule has 6 heteroatoms. The first-order valence-corrected chi connectivity index (χ1v) is 12.2. The van der Waals surface area contributed by atoms with Crippen LogP contribution in [0.15, 0.2) is 39.2 Å². The van der Waals surface area contributed by atoms with E-state index in [2.05, 4.69) is 35.7 Å². The highest BCUT2D eigenvalue weighted by Crippen LogP contribution is 2.31. The third-order valence-electron chi connectivity index (χ3n) is 4.51. The van der Waals surface area contributed by atoms with E-state index in [9.17, 15) is 0 Å². The lowest BCUT2D eigenvalue weighted by molar-refractivity contribution is 0.0883. The van der Waals surface area contributed by atoms with Crippen LogP contribution in [0, 0.1) is 0 Å². The van der Waals surface area contributed by atoms with Crippen molar-refractivity contribution >= 4 is 26.3 Å². The van der Waals surface area contributed by atoms with Gasteiger partial charge in [0.2, 0.25) is 0 Å². The lowest BCUT2D eigenvalue weighted by Crippen LogP contribution is -2.45. The zero-order valence-electron chi connectivity index (χ0n) is 14.7. The number of nitrogens with two attached hydrogens (primary N) is 1. The van der Waals surface area contributed by atoms with Gasteiger partial charge in [-0.2, -0.15) is 0 Å². The van der Waals surface area contributed by atoms with E-state index in [0.717, 1.165) is 24.6 Å². The van der Waals surface area contributed by atoms with E-state index < -0.39 is 13.7 Å². The summed E-state index contributed by atoms with van der Waals surface area (Å²) in [6.45, 7) is 8.25. The maximum Gasteiger partial charge on any atom is 0.195 e. The monoisotopic (exact) mass is 342 g/mol. The predicted octanol–water partition coefficient (Wildman–Crippen LogP) is 2.52. The van der Waals surface area contributed by atoms with Crippen LogP contribution in [0.5, 0.6) is 0 Å². The Hall–Kier alpha value is -1.79. The van der Waals surface area contributed by atoms with E-state index in [-0.39, 0.29) is 6.04 Å². The van der Waals surface area contributed by atoms with Crippen LogP contribution in [-0.2, 0) is 11.2 Å². The number of ether oxygens (including phenoxy) is 1. The molecule has 0 saturated carbocycles. The minimum absolute atomic E-state index is 0.116. The Bertz CT molecular complexity index is 679. The molecule has 0 amide bonds. The van der Waals surface area contributed by atoms with Gasteiger partial charge in [0, 0.05) is 32.7 Å². The SMILES string of the molecule is C[Si](C)(C)CCOCC1(C2Cc3ccccc3C(N)=N2)N=CC=N1. The summed E-state index contributed by atoms with van der Waals surface area (Å²) in [5, 5.41) is 0. The molecule has 2 aliphatic heterocycles. The summed E-state index contributed by atoms with van der Waals surface area (Å²) in [6, 6.07) is 9.16. The maximum atomic E-state index is 6.19. The van der Waals surface area contributed by atoms with Gasteiger partial charge in [0.25, 0.3) is 0 Å². The van der Waals surface area contributed by atoms with Gasteiger partial charge < -0.3 is 10.5 Å². The zero-order chi connectivity index (χ0) is 17.2. The first-order valence-electron chi connectivity index (χ1n) is 8.48. The molecular formula is C18H26N4OSi. The Balaban J connectivity index is 1.74. The number of aliphatic imine (C=N–C) groups is 3. The van der Waals surface area contributed by atoms with Gasteiger partial charge in [-0.05, 0) is 18.0 Å². The molecular weight excluding hydrogens is 316 g/mol. The van der Waals surface area contributed by atoms with Gasteiger partial charge in [-0.15, -0.1) is 0 Å². The molecule has 24 heavy (non-hydrogen) atoms. The van der Waals surface area contributed by atoms with Crippen LogP contribution in [0.3, 0.4) is 0 Å². The van der Waals surface area contributed by atoms with Crippen LogP contribution in [0.2, 0.25) is 25.7 Å². The van der Waals surface area contributed by atoms with Crippen molar-refractivity contribution in [1.82, 2.24) is 0 Å². The van der Waals surface area contributed by atoms with Crippen molar-refractivity contribution in [2.75, 3.05) is 13.2 Å². The standard InChI is InChI=1S/C18H26N4OSi/c1-24(2,3)11-10-23-13-18(20-8-9-21-18)16-12-14-6-4-5-7-15(14)17(19)22-16/h4-9,16H,10-13H2,1-3H3,(H2,19,22). The second kappa shape index (κ2) is 6.61. The summed E-state index contributed by atoms with van der Waals surface area (Å²) in [4.78, 5) is 13.9. The van der Waals surface area contributed by atoms with Gasteiger partial charge in [-0.1, -0.05) is 43.9 Å². The average Bonchev–Trinajstić information content (AvgIpc) is 3.01. The van der Waals surface area contributed by atoms with Crippen molar-refractivity contribution < 1.29 is 4.74 Å². The van der Waals surface area contributed by atoms with E-state index in [1.165, 1.54) is 5.56 Å². The highest BCUT2D eigenvalue weighted by Gasteiger charge is 2.41. The van der Waals surface area contributed by atoms with Crippen molar-refractivity contribution in [2.45, 2.75) is 43.8 Å². The Morgan fingerprint density at radius 1 is 1.21 bits per heavy atom. The molecule has 0 spiro atoms. The molecule has 1 aromatic carbocycles. The molecule has 2 heterocycles. The number of nitrogens with zero attached hydrogens (tertiary/aromatic N) is 3. The molecule has 2 N–H and O–H groups in total. The fraction of sp³-hybridized carbons (Fsp3) is 0.500. The third-order valence-corrected chi connectivity index (χ3v) is 6.21. The van der Waals surface area contributed by atoms with Crippen molar-refractivity contribution in [3.05, 3.63) is 35.4 Å². The van der Waals surface area contributed by atoms with Gasteiger partial charge in [-0.3, -0.25) is 15.0 Å². The molecule has 128 valence electrons. The fourth-order valence-corrected chi connectivity index (χ4v) is 3.76. The second-order valence-corrected chi connectivity index (χ2v) is 13.3. The number of hydrogen-bond donors (Lipinski definition) is 1. The van der Waals surface area contributed by atoms with Crippen LogP contribution in [0.4, 0.5) is 0 Å². The minimum atomic E-state index is -1.11. The van der Waals surface area contributed by atoms with Crippen molar-refractivity contribution in [3.8, 4) is 0 Å². The van der Waals surface area contributed by atoms with E-state index in [0.29, 0.717) is 12.4 Å². The van der Waals surface area contributed by atoms with E-state index in [1.54, 1.807) is 12.4 Å². The predicted molar refractivity (Wildman–Crippen MR) is 103 cm³/mol. The molecule has 0 bridgehead atoms. The highest BCUT2D eigenvalue weighted by molar-refractivity contribution is 6.76. The van der Waals surface area contributed by atoms with Crippen molar-refractivity contribution in [2.24, 2.45) is 20.7 Å². The number of fused-ring (bicyclic) bond motifs is 1. The number of benzene rings is 1. The lowest BCUT2D eigenvalue weighted by Gasteiger charge is -2.33. The van der Waals surface area contributed by atoms with Crippen LogP contribution >= 0.6 is 0 Å². The molecule has 1 unspecified atom stereocenters. The largest absolute Gasteiger partial charge is 0.383 e. The van der Waals surface area contributed by atoms with E-state index >= 15 is 0 Å². The average molecular weight is 343 g/mol. The molecule has 0 saturated heterocycles. The Morgan fingerprint density at radius 3 is 2.62 bits per heavy atom. The summed E-state index contributed by atoms with van der Waals surface area (Å²) in [5.41, 5.74) is 7.74. The quantitative estimate of drug-likeness (QED) is 0.637. The molecule has 0 fully saturated rings.